The number of halogens is 1. The third kappa shape index (κ3) is 2.97. The number of alkyl halides is 1. The minimum absolute atomic E-state index is 0.574. The molecule has 1 aliphatic rings. The van der Waals surface area contributed by atoms with E-state index in [4.69, 9.17) is 11.6 Å². The molecule has 0 saturated heterocycles. The van der Waals surface area contributed by atoms with E-state index in [1.807, 2.05) is 12.5 Å². The second-order valence-electron chi connectivity index (χ2n) is 4.50. The summed E-state index contributed by atoms with van der Waals surface area (Å²) in [6, 6.07) is 0. The smallest absolute Gasteiger partial charge is 0.0948 e. The van der Waals surface area contributed by atoms with E-state index in [2.05, 4.69) is 9.55 Å². The van der Waals surface area contributed by atoms with Crippen LogP contribution in [-0.4, -0.2) is 9.55 Å². The van der Waals surface area contributed by atoms with Crippen LogP contribution in [0.3, 0.4) is 0 Å². The second kappa shape index (κ2) is 5.55. The number of hydrogen-bond donors (Lipinski definition) is 0. The van der Waals surface area contributed by atoms with Crippen molar-refractivity contribution in [2.75, 3.05) is 0 Å². The maximum atomic E-state index is 5.83. The monoisotopic (exact) mass is 226 g/mol. The van der Waals surface area contributed by atoms with Crippen molar-refractivity contribution in [1.29, 1.82) is 0 Å². The highest BCUT2D eigenvalue weighted by Crippen LogP contribution is 2.26. The molecule has 0 N–H and O–H groups in total. The number of nitrogens with zero attached hydrogens (tertiary/aromatic N) is 2. The molecule has 0 amide bonds. The molecule has 2 rings (SSSR count). The lowest BCUT2D eigenvalue weighted by Crippen LogP contribution is -2.10. The molecular weight excluding hydrogens is 208 g/mol. The molecule has 0 bridgehead atoms. The highest BCUT2D eigenvalue weighted by Gasteiger charge is 2.13. The minimum Gasteiger partial charge on any atom is -0.333 e. The van der Waals surface area contributed by atoms with E-state index in [1.54, 1.807) is 0 Å². The maximum Gasteiger partial charge on any atom is 0.0948 e. The molecule has 0 spiro atoms. The Bertz CT molecular complexity index is 290. The van der Waals surface area contributed by atoms with Crippen molar-refractivity contribution >= 4 is 11.6 Å². The van der Waals surface area contributed by atoms with Crippen LogP contribution in [0.5, 0.6) is 0 Å². The predicted molar refractivity (Wildman–Crippen MR) is 63.0 cm³/mol. The van der Waals surface area contributed by atoms with Crippen molar-refractivity contribution in [3.8, 4) is 0 Å². The minimum atomic E-state index is 0.574. The third-order valence-corrected chi connectivity index (χ3v) is 3.71. The summed E-state index contributed by atoms with van der Waals surface area (Å²) in [5, 5.41) is 0. The Labute approximate surface area is 96.7 Å². The summed E-state index contributed by atoms with van der Waals surface area (Å²) in [6.45, 7) is 1.09. The zero-order chi connectivity index (χ0) is 10.5. The average molecular weight is 227 g/mol. The van der Waals surface area contributed by atoms with Crippen LogP contribution >= 0.6 is 11.6 Å². The largest absolute Gasteiger partial charge is 0.333 e. The van der Waals surface area contributed by atoms with Gasteiger partial charge in [0.2, 0.25) is 0 Å². The van der Waals surface area contributed by atoms with Crippen molar-refractivity contribution in [3.05, 3.63) is 18.2 Å². The first kappa shape index (κ1) is 11.0. The zero-order valence-corrected chi connectivity index (χ0v) is 9.92. The summed E-state index contributed by atoms with van der Waals surface area (Å²) in [4.78, 5) is 4.14. The van der Waals surface area contributed by atoms with Crippen LogP contribution in [0.15, 0.2) is 12.5 Å². The number of hydrogen-bond acceptors (Lipinski definition) is 1. The van der Waals surface area contributed by atoms with Crippen LogP contribution in [0.2, 0.25) is 0 Å². The summed E-state index contributed by atoms with van der Waals surface area (Å²) in [5.41, 5.74) is 1.15. The van der Waals surface area contributed by atoms with E-state index in [1.165, 1.54) is 38.5 Å². The molecule has 0 aromatic carbocycles. The van der Waals surface area contributed by atoms with E-state index < -0.39 is 0 Å². The quantitative estimate of drug-likeness (QED) is 0.718. The molecule has 2 nitrogen and oxygen atoms in total. The fourth-order valence-electron chi connectivity index (χ4n) is 2.46. The first-order chi connectivity index (χ1) is 7.40. The van der Waals surface area contributed by atoms with Crippen LogP contribution in [0.1, 0.15) is 44.2 Å². The Morgan fingerprint density at radius 3 is 2.87 bits per heavy atom. The van der Waals surface area contributed by atoms with Gasteiger partial charge < -0.3 is 4.57 Å². The van der Waals surface area contributed by atoms with Gasteiger partial charge in [0.25, 0.3) is 0 Å². The summed E-state index contributed by atoms with van der Waals surface area (Å²) < 4.78 is 2.20. The van der Waals surface area contributed by atoms with E-state index in [0.29, 0.717) is 5.88 Å². The molecule has 1 aliphatic carbocycles. The Hall–Kier alpha value is -0.500. The highest BCUT2D eigenvalue weighted by atomic mass is 35.5. The number of aryl methyl sites for hydroxylation is 1. The molecule has 1 saturated carbocycles. The number of aromatic nitrogens is 2. The fourth-order valence-corrected chi connectivity index (χ4v) is 2.68. The fraction of sp³-hybridized carbons (Fsp3) is 0.750. The van der Waals surface area contributed by atoms with Crippen LogP contribution in [0, 0.1) is 5.92 Å². The molecule has 84 valence electrons. The van der Waals surface area contributed by atoms with Crippen LogP contribution < -0.4 is 0 Å². The van der Waals surface area contributed by atoms with Gasteiger partial charge in [0.05, 0.1) is 17.9 Å². The Morgan fingerprint density at radius 2 is 2.13 bits per heavy atom. The molecule has 1 heterocycles. The lowest BCUT2D eigenvalue weighted by Gasteiger charge is -2.21. The van der Waals surface area contributed by atoms with E-state index in [9.17, 15) is 0 Å². The second-order valence-corrected chi connectivity index (χ2v) is 4.77. The Kier molecular flexibility index (Phi) is 4.07. The zero-order valence-electron chi connectivity index (χ0n) is 9.16. The molecule has 0 radical (unpaired) electrons. The van der Waals surface area contributed by atoms with Crippen LogP contribution in [0.25, 0.3) is 0 Å². The SMILES string of the molecule is ClCc1cncn1CCC1CCCCC1. The van der Waals surface area contributed by atoms with Gasteiger partial charge in [-0.3, -0.25) is 0 Å². The molecule has 15 heavy (non-hydrogen) atoms. The van der Waals surface area contributed by atoms with Gasteiger partial charge in [-0.2, -0.15) is 0 Å². The molecule has 0 atom stereocenters. The molecule has 3 heteroatoms. The summed E-state index contributed by atoms with van der Waals surface area (Å²) in [5.74, 6) is 1.51. The van der Waals surface area contributed by atoms with Crippen molar-refractivity contribution in [2.24, 2.45) is 5.92 Å². The topological polar surface area (TPSA) is 17.8 Å². The van der Waals surface area contributed by atoms with Gasteiger partial charge in [-0.15, -0.1) is 11.6 Å². The molecule has 1 aromatic rings. The van der Waals surface area contributed by atoms with Crippen molar-refractivity contribution in [2.45, 2.75) is 50.9 Å². The standard InChI is InChI=1S/C12H19ClN2/c13-8-12-9-14-10-15(12)7-6-11-4-2-1-3-5-11/h9-11H,1-8H2. The van der Waals surface area contributed by atoms with Crippen molar-refractivity contribution < 1.29 is 0 Å². The van der Waals surface area contributed by atoms with E-state index in [-0.39, 0.29) is 0 Å². The van der Waals surface area contributed by atoms with Gasteiger partial charge in [-0.25, -0.2) is 4.98 Å². The van der Waals surface area contributed by atoms with Gasteiger partial charge in [0.15, 0.2) is 0 Å². The van der Waals surface area contributed by atoms with Crippen molar-refractivity contribution in [3.63, 3.8) is 0 Å². The lowest BCUT2D eigenvalue weighted by atomic mass is 9.87. The highest BCUT2D eigenvalue weighted by molar-refractivity contribution is 6.16. The normalized spacial score (nSPS) is 18.2. The van der Waals surface area contributed by atoms with Gasteiger partial charge in [0.1, 0.15) is 0 Å². The number of imidazole rings is 1. The third-order valence-electron chi connectivity index (χ3n) is 3.44. The lowest BCUT2D eigenvalue weighted by molar-refractivity contribution is 0.323. The molecule has 1 fully saturated rings. The van der Waals surface area contributed by atoms with Crippen LogP contribution in [0.4, 0.5) is 0 Å². The van der Waals surface area contributed by atoms with Gasteiger partial charge in [-0.1, -0.05) is 32.1 Å². The van der Waals surface area contributed by atoms with Gasteiger partial charge >= 0.3 is 0 Å². The summed E-state index contributed by atoms with van der Waals surface area (Å²) in [7, 11) is 0. The molecule has 0 unspecified atom stereocenters. The van der Waals surface area contributed by atoms with Crippen molar-refractivity contribution in [1.82, 2.24) is 9.55 Å². The van der Waals surface area contributed by atoms with E-state index in [0.717, 1.165) is 18.2 Å². The molecule has 1 aromatic heterocycles. The molecular formula is C12H19ClN2. The maximum absolute atomic E-state index is 5.83. The predicted octanol–water partition coefficient (Wildman–Crippen LogP) is 3.59. The molecule has 0 aliphatic heterocycles. The first-order valence-corrected chi connectivity index (χ1v) is 6.48. The van der Waals surface area contributed by atoms with E-state index >= 15 is 0 Å². The summed E-state index contributed by atoms with van der Waals surface area (Å²) >= 11 is 5.83. The summed E-state index contributed by atoms with van der Waals surface area (Å²) in [6.07, 6.45) is 12.2. The van der Waals surface area contributed by atoms with Gasteiger partial charge in [-0.05, 0) is 12.3 Å². The van der Waals surface area contributed by atoms with Crippen LogP contribution in [-0.2, 0) is 12.4 Å². The Morgan fingerprint density at radius 1 is 1.33 bits per heavy atom. The average Bonchev–Trinajstić information content (AvgIpc) is 2.75. The Balaban J connectivity index is 1.81. The first-order valence-electron chi connectivity index (χ1n) is 5.95. The number of rotatable bonds is 4. The van der Waals surface area contributed by atoms with Gasteiger partial charge in [0, 0.05) is 12.7 Å².